The molecule has 1 aliphatic rings. The van der Waals surface area contributed by atoms with E-state index < -0.39 is 0 Å². The fourth-order valence-corrected chi connectivity index (χ4v) is 4.56. The molecule has 1 aliphatic carbocycles. The minimum atomic E-state index is -0.263. The van der Waals surface area contributed by atoms with E-state index in [0.29, 0.717) is 17.2 Å². The van der Waals surface area contributed by atoms with E-state index in [1.807, 2.05) is 20.8 Å². The van der Waals surface area contributed by atoms with Gasteiger partial charge < -0.3 is 9.73 Å². The van der Waals surface area contributed by atoms with Gasteiger partial charge in [0.1, 0.15) is 4.88 Å². The van der Waals surface area contributed by atoms with E-state index in [1.54, 1.807) is 0 Å². The Labute approximate surface area is 156 Å². The molecule has 0 saturated heterocycles. The van der Waals surface area contributed by atoms with Crippen LogP contribution in [0.3, 0.4) is 0 Å². The van der Waals surface area contributed by atoms with Crippen molar-refractivity contribution in [1.29, 1.82) is 0 Å². The zero-order valence-corrected chi connectivity index (χ0v) is 16.5. The van der Waals surface area contributed by atoms with Crippen molar-refractivity contribution in [3.8, 4) is 10.8 Å². The number of hydrogen-bond acceptors (Lipinski definition) is 7. The normalized spacial score (nSPS) is 17.2. The summed E-state index contributed by atoms with van der Waals surface area (Å²) in [5.41, 5.74) is 0.891. The average Bonchev–Trinajstić information content (AvgIpc) is 3.05. The van der Waals surface area contributed by atoms with Crippen LogP contribution in [0.15, 0.2) is 9.64 Å². The molecule has 1 atom stereocenters. The van der Waals surface area contributed by atoms with Crippen molar-refractivity contribution in [2.75, 3.05) is 0 Å². The van der Waals surface area contributed by atoms with Crippen molar-refractivity contribution in [2.45, 2.75) is 75.8 Å². The highest BCUT2D eigenvalue weighted by atomic mass is 32.2. The first-order valence-corrected chi connectivity index (χ1v) is 10.5. The Kier molecular flexibility index (Phi) is 6.11. The topological polar surface area (TPSA) is 80.9 Å². The smallest absolute Gasteiger partial charge is 0.277 e. The van der Waals surface area contributed by atoms with Gasteiger partial charge in [0.2, 0.25) is 5.91 Å². The number of nitrogens with one attached hydrogen (secondary N) is 1. The number of thiazole rings is 1. The number of carbonyl (C=O) groups is 1. The quantitative estimate of drug-likeness (QED) is 0.620. The number of thioether (sulfide) groups is 1. The van der Waals surface area contributed by atoms with E-state index in [0.717, 1.165) is 28.4 Å². The molecule has 1 saturated carbocycles. The van der Waals surface area contributed by atoms with Crippen molar-refractivity contribution < 1.29 is 9.21 Å². The minimum absolute atomic E-state index is 0.0430. The summed E-state index contributed by atoms with van der Waals surface area (Å²) in [5, 5.41) is 12.5. The molecule has 0 radical (unpaired) electrons. The van der Waals surface area contributed by atoms with E-state index >= 15 is 0 Å². The first kappa shape index (κ1) is 18.4. The monoisotopic (exact) mass is 380 g/mol. The van der Waals surface area contributed by atoms with Gasteiger partial charge in [0, 0.05) is 6.04 Å². The number of aryl methyl sites for hydroxylation is 2. The van der Waals surface area contributed by atoms with Crippen LogP contribution in [0.5, 0.6) is 0 Å². The van der Waals surface area contributed by atoms with Gasteiger partial charge in [-0.1, -0.05) is 37.4 Å². The van der Waals surface area contributed by atoms with E-state index in [9.17, 15) is 4.79 Å². The number of aromatic nitrogens is 3. The predicted molar refractivity (Wildman–Crippen MR) is 99.8 cm³/mol. The number of amides is 1. The molecule has 2 aromatic rings. The Morgan fingerprint density at radius 1 is 1.24 bits per heavy atom. The van der Waals surface area contributed by atoms with Crippen molar-refractivity contribution in [3.05, 3.63) is 10.7 Å². The molecule has 1 fully saturated rings. The molecule has 2 aromatic heterocycles. The summed E-state index contributed by atoms with van der Waals surface area (Å²) >= 11 is 2.84. The van der Waals surface area contributed by atoms with Crippen LogP contribution >= 0.6 is 23.1 Å². The molecule has 0 aliphatic heterocycles. The first-order valence-electron chi connectivity index (χ1n) is 8.78. The summed E-state index contributed by atoms with van der Waals surface area (Å²) in [6, 6.07) is 0.305. The molecule has 1 amide bonds. The Hall–Kier alpha value is -1.41. The molecule has 25 heavy (non-hydrogen) atoms. The van der Waals surface area contributed by atoms with Gasteiger partial charge in [-0.25, -0.2) is 4.98 Å². The summed E-state index contributed by atoms with van der Waals surface area (Å²) < 4.78 is 5.73. The molecule has 2 heterocycles. The molecule has 3 rings (SSSR count). The Morgan fingerprint density at radius 3 is 2.60 bits per heavy atom. The maximum atomic E-state index is 12.4. The predicted octanol–water partition coefficient (Wildman–Crippen LogP) is 4.13. The van der Waals surface area contributed by atoms with Crippen LogP contribution in [-0.4, -0.2) is 32.4 Å². The van der Waals surface area contributed by atoms with Gasteiger partial charge in [0.25, 0.3) is 11.1 Å². The van der Waals surface area contributed by atoms with Crippen LogP contribution in [0, 0.1) is 13.8 Å². The third kappa shape index (κ3) is 4.82. The Balaban J connectivity index is 1.58. The lowest BCUT2D eigenvalue weighted by molar-refractivity contribution is -0.121. The van der Waals surface area contributed by atoms with Gasteiger partial charge in [0.05, 0.1) is 16.0 Å². The van der Waals surface area contributed by atoms with Gasteiger partial charge in [0.15, 0.2) is 0 Å². The maximum absolute atomic E-state index is 12.4. The summed E-state index contributed by atoms with van der Waals surface area (Å²) in [7, 11) is 0. The lowest BCUT2D eigenvalue weighted by atomic mass is 10.1. The second-order valence-electron chi connectivity index (χ2n) is 6.48. The second-order valence-corrected chi connectivity index (χ2v) is 8.97. The van der Waals surface area contributed by atoms with Crippen LogP contribution in [0.4, 0.5) is 0 Å². The summed E-state index contributed by atoms with van der Waals surface area (Å²) in [6.07, 6.45) is 7.12. The van der Waals surface area contributed by atoms with Crippen LogP contribution < -0.4 is 5.32 Å². The zero-order chi connectivity index (χ0) is 17.8. The molecule has 8 heteroatoms. The minimum Gasteiger partial charge on any atom is -0.410 e. The van der Waals surface area contributed by atoms with Crippen LogP contribution in [-0.2, 0) is 4.79 Å². The molecule has 0 bridgehead atoms. The SMILES string of the molecule is Cc1nc(C)c(-c2nnc(SC(C)C(=O)NC3CCCCCC3)o2)s1. The molecule has 1 N–H and O–H groups in total. The van der Waals surface area contributed by atoms with Gasteiger partial charge in [-0.3, -0.25) is 4.79 Å². The van der Waals surface area contributed by atoms with E-state index in [2.05, 4.69) is 20.5 Å². The number of rotatable bonds is 5. The van der Waals surface area contributed by atoms with Crippen LogP contribution in [0.25, 0.3) is 10.8 Å². The summed E-state index contributed by atoms with van der Waals surface area (Å²) in [5.74, 6) is 0.517. The lowest BCUT2D eigenvalue weighted by Gasteiger charge is -2.18. The van der Waals surface area contributed by atoms with Crippen molar-refractivity contribution in [3.63, 3.8) is 0 Å². The molecule has 0 aromatic carbocycles. The van der Waals surface area contributed by atoms with E-state index in [1.165, 1.54) is 48.8 Å². The lowest BCUT2D eigenvalue weighted by Crippen LogP contribution is -2.39. The molecule has 6 nitrogen and oxygen atoms in total. The molecular weight excluding hydrogens is 356 g/mol. The van der Waals surface area contributed by atoms with Crippen molar-refractivity contribution in [1.82, 2.24) is 20.5 Å². The van der Waals surface area contributed by atoms with Gasteiger partial charge in [-0.2, -0.15) is 0 Å². The fraction of sp³-hybridized carbons (Fsp3) is 0.647. The third-order valence-corrected chi connectivity index (χ3v) is 6.35. The van der Waals surface area contributed by atoms with E-state index in [4.69, 9.17) is 4.42 Å². The second kappa shape index (κ2) is 8.31. The Morgan fingerprint density at radius 2 is 1.96 bits per heavy atom. The fourth-order valence-electron chi connectivity index (χ4n) is 3.03. The van der Waals surface area contributed by atoms with Crippen LogP contribution in [0.2, 0.25) is 0 Å². The first-order chi connectivity index (χ1) is 12.0. The average molecular weight is 381 g/mol. The van der Waals surface area contributed by atoms with Gasteiger partial charge in [-0.15, -0.1) is 21.5 Å². The standard InChI is InChI=1S/C17H24N4O2S2/c1-10-14(25-12(3)18-10)16-20-21-17(23-16)24-11(2)15(22)19-13-8-6-4-5-7-9-13/h11,13H,4-9H2,1-3H3,(H,19,22). The van der Waals surface area contributed by atoms with Gasteiger partial charge >= 0.3 is 0 Å². The Bertz CT molecular complexity index is 720. The highest BCUT2D eigenvalue weighted by molar-refractivity contribution is 8.00. The molecular formula is C17H24N4O2S2. The maximum Gasteiger partial charge on any atom is 0.277 e. The van der Waals surface area contributed by atoms with Gasteiger partial charge in [-0.05, 0) is 33.6 Å². The third-order valence-electron chi connectivity index (χ3n) is 4.35. The van der Waals surface area contributed by atoms with Crippen LogP contribution in [0.1, 0.15) is 56.2 Å². The highest BCUT2D eigenvalue weighted by Gasteiger charge is 2.22. The zero-order valence-electron chi connectivity index (χ0n) is 14.9. The number of hydrogen-bond donors (Lipinski definition) is 1. The largest absolute Gasteiger partial charge is 0.410 e. The summed E-state index contributed by atoms with van der Waals surface area (Å²) in [6.45, 7) is 5.76. The molecule has 136 valence electrons. The number of carbonyl (C=O) groups excluding carboxylic acids is 1. The van der Waals surface area contributed by atoms with E-state index in [-0.39, 0.29) is 11.2 Å². The summed E-state index contributed by atoms with van der Waals surface area (Å²) in [4.78, 5) is 17.7. The van der Waals surface area contributed by atoms with Crippen molar-refractivity contribution >= 4 is 29.0 Å². The highest BCUT2D eigenvalue weighted by Crippen LogP contribution is 2.31. The number of nitrogens with zero attached hydrogens (tertiary/aromatic N) is 3. The molecule has 0 spiro atoms. The van der Waals surface area contributed by atoms with Crippen molar-refractivity contribution in [2.24, 2.45) is 0 Å². The molecule has 1 unspecified atom stereocenters.